The van der Waals surface area contributed by atoms with Crippen LogP contribution in [0.3, 0.4) is 0 Å². The first-order chi connectivity index (χ1) is 7.38. The lowest BCUT2D eigenvalue weighted by Gasteiger charge is -2.32. The summed E-state index contributed by atoms with van der Waals surface area (Å²) in [5.74, 6) is 0. The highest BCUT2D eigenvalue weighted by molar-refractivity contribution is 4.59. The molecule has 0 radical (unpaired) electrons. The Bertz CT molecular complexity index is 150. The second-order valence-electron chi connectivity index (χ2n) is 5.17. The number of hydrogen-bond donors (Lipinski definition) is 1. The van der Waals surface area contributed by atoms with E-state index in [0.29, 0.717) is 0 Å². The molecule has 0 bridgehead atoms. The summed E-state index contributed by atoms with van der Waals surface area (Å²) < 4.78 is 0. The van der Waals surface area contributed by atoms with Crippen LogP contribution in [0.2, 0.25) is 0 Å². The Morgan fingerprint density at radius 1 is 1.00 bits per heavy atom. The summed E-state index contributed by atoms with van der Waals surface area (Å²) in [6.07, 6.45) is 13.0. The highest BCUT2D eigenvalue weighted by Gasteiger charge is 2.23. The van der Waals surface area contributed by atoms with Crippen molar-refractivity contribution < 1.29 is 9.60 Å². The van der Waals surface area contributed by atoms with E-state index in [-0.39, 0.29) is 4.70 Å². The zero-order valence-electron chi connectivity index (χ0n) is 11.2. The molecule has 1 nitrogen and oxygen atoms in total. The van der Waals surface area contributed by atoms with Crippen LogP contribution in [0.15, 0.2) is 0 Å². The largest absolute Gasteiger partial charge is 1.00 e. The van der Waals surface area contributed by atoms with E-state index in [1.807, 2.05) is 4.90 Å². The van der Waals surface area contributed by atoms with Crippen molar-refractivity contribution in [3.8, 4) is 0 Å². The molecule has 1 aliphatic heterocycles. The van der Waals surface area contributed by atoms with Crippen molar-refractivity contribution in [1.82, 2.24) is 0 Å². The number of quaternary nitrogens is 1. The smallest absolute Gasteiger partial charge is 0.0872 e. The number of nitrogens with one attached hydrogen (secondary N) is 1. The van der Waals surface area contributed by atoms with E-state index in [9.17, 15) is 0 Å². The van der Waals surface area contributed by atoms with Gasteiger partial charge in [-0.1, -0.05) is 33.1 Å². The molecule has 0 aliphatic carbocycles. The fourth-order valence-electron chi connectivity index (χ4n) is 2.93. The van der Waals surface area contributed by atoms with E-state index >= 15 is 0 Å². The number of rotatable bonds is 7. The van der Waals surface area contributed by atoms with E-state index in [0.717, 1.165) is 6.04 Å². The first-order valence-corrected chi connectivity index (χ1v) is 7.23. The van der Waals surface area contributed by atoms with E-state index in [1.54, 1.807) is 0 Å². The lowest BCUT2D eigenvalue weighted by atomic mass is 9.99. The molecule has 1 fully saturated rings. The maximum absolute atomic E-state index is 2.37. The molecule has 1 rings (SSSR count). The van der Waals surface area contributed by atoms with Crippen LogP contribution in [-0.2, 0) is 0 Å². The van der Waals surface area contributed by atoms with Gasteiger partial charge in [-0.25, -0.2) is 0 Å². The average Bonchev–Trinajstić information content (AvgIpc) is 2.29. The molecule has 0 spiro atoms. The summed E-state index contributed by atoms with van der Waals surface area (Å²) in [5.41, 5.74) is 0. The molecule has 0 aromatic heterocycles. The standard InChI is InChI=1S/C14H29N.FH/c1-3-5-6-7-9-12-15-13-10-8-11-14(15)4-2;/h14H,3-13H2,1-2H3;1H. The molecular formula is C14H30FN. The first-order valence-electron chi connectivity index (χ1n) is 7.23. The number of piperidine rings is 1. The van der Waals surface area contributed by atoms with Crippen molar-refractivity contribution in [3.05, 3.63) is 0 Å². The molecule has 1 aliphatic rings. The number of halogens is 1. The second kappa shape index (κ2) is 10.1. The van der Waals surface area contributed by atoms with Gasteiger partial charge >= 0.3 is 0 Å². The molecular weight excluding hydrogens is 201 g/mol. The van der Waals surface area contributed by atoms with Crippen LogP contribution in [0.5, 0.6) is 0 Å². The Morgan fingerprint density at radius 2 is 1.75 bits per heavy atom. The lowest BCUT2D eigenvalue weighted by molar-refractivity contribution is -0.931. The van der Waals surface area contributed by atoms with Crippen LogP contribution in [0.25, 0.3) is 0 Å². The molecule has 0 aromatic carbocycles. The van der Waals surface area contributed by atoms with E-state index < -0.39 is 0 Å². The van der Waals surface area contributed by atoms with Crippen molar-refractivity contribution in [1.29, 1.82) is 0 Å². The summed E-state index contributed by atoms with van der Waals surface area (Å²) in [7, 11) is 0. The molecule has 0 amide bonds. The summed E-state index contributed by atoms with van der Waals surface area (Å²) in [4.78, 5) is 1.92. The van der Waals surface area contributed by atoms with Crippen molar-refractivity contribution in [2.75, 3.05) is 13.1 Å². The summed E-state index contributed by atoms with van der Waals surface area (Å²) in [5, 5.41) is 0. The van der Waals surface area contributed by atoms with Crippen molar-refractivity contribution in [3.63, 3.8) is 0 Å². The molecule has 1 N–H and O–H groups in total. The molecule has 16 heavy (non-hydrogen) atoms. The third-order valence-corrected chi connectivity index (χ3v) is 3.97. The van der Waals surface area contributed by atoms with Crippen LogP contribution in [0, 0.1) is 0 Å². The zero-order chi connectivity index (χ0) is 10.9. The molecule has 1 heterocycles. The monoisotopic (exact) mass is 231 g/mol. The number of unbranched alkanes of at least 4 members (excludes halogenated alkanes) is 4. The van der Waals surface area contributed by atoms with Crippen LogP contribution in [-0.4, -0.2) is 19.1 Å². The quantitative estimate of drug-likeness (QED) is 0.579. The maximum atomic E-state index is 2.37. The Hall–Kier alpha value is -0.110. The normalized spacial score (nSPS) is 25.1. The van der Waals surface area contributed by atoms with Crippen molar-refractivity contribution >= 4 is 0 Å². The highest BCUT2D eigenvalue weighted by atomic mass is 19.0. The lowest BCUT2D eigenvalue weighted by Crippen LogP contribution is -3.16. The van der Waals surface area contributed by atoms with Crippen LogP contribution < -0.4 is 9.60 Å². The Balaban J connectivity index is 0.00000225. The van der Waals surface area contributed by atoms with Gasteiger partial charge in [-0.3, -0.25) is 0 Å². The van der Waals surface area contributed by atoms with Gasteiger partial charge in [0.2, 0.25) is 0 Å². The topological polar surface area (TPSA) is 4.44 Å². The molecule has 2 atom stereocenters. The summed E-state index contributed by atoms with van der Waals surface area (Å²) in [6, 6.07) is 0.991. The first kappa shape index (κ1) is 15.9. The Morgan fingerprint density at radius 3 is 2.44 bits per heavy atom. The molecule has 2 unspecified atom stereocenters. The second-order valence-corrected chi connectivity index (χ2v) is 5.17. The van der Waals surface area contributed by atoms with Gasteiger partial charge < -0.3 is 9.60 Å². The van der Waals surface area contributed by atoms with E-state index in [1.165, 1.54) is 70.9 Å². The van der Waals surface area contributed by atoms with Gasteiger partial charge in [0.25, 0.3) is 0 Å². The third-order valence-electron chi connectivity index (χ3n) is 3.97. The van der Waals surface area contributed by atoms with Gasteiger partial charge in [0.1, 0.15) is 0 Å². The van der Waals surface area contributed by atoms with Gasteiger partial charge in [0.05, 0.1) is 19.1 Å². The van der Waals surface area contributed by atoms with Crippen LogP contribution >= 0.6 is 0 Å². The molecule has 1 saturated heterocycles. The SMILES string of the molecule is CCCCCCC[NH+]1CCCCC1CC.[F-]. The third kappa shape index (κ3) is 5.83. The minimum atomic E-state index is 0. The molecule has 98 valence electrons. The Labute approximate surface area is 101 Å². The van der Waals surface area contributed by atoms with Gasteiger partial charge in [0.15, 0.2) is 0 Å². The number of likely N-dealkylation sites (tertiary alicyclic amines) is 1. The maximum Gasteiger partial charge on any atom is 0.0872 e. The highest BCUT2D eigenvalue weighted by Crippen LogP contribution is 2.06. The van der Waals surface area contributed by atoms with Gasteiger partial charge in [-0.15, -0.1) is 0 Å². The van der Waals surface area contributed by atoms with Gasteiger partial charge in [-0.05, 0) is 38.5 Å². The fourth-order valence-corrected chi connectivity index (χ4v) is 2.93. The molecule has 0 aromatic rings. The van der Waals surface area contributed by atoms with E-state index in [4.69, 9.17) is 0 Å². The zero-order valence-corrected chi connectivity index (χ0v) is 11.2. The minimum Gasteiger partial charge on any atom is -1.00 e. The summed E-state index contributed by atoms with van der Waals surface area (Å²) >= 11 is 0. The van der Waals surface area contributed by atoms with Gasteiger partial charge in [0, 0.05) is 0 Å². The average molecular weight is 231 g/mol. The van der Waals surface area contributed by atoms with Crippen molar-refractivity contribution in [2.45, 2.75) is 77.7 Å². The molecule has 0 saturated carbocycles. The minimum absolute atomic E-state index is 0. The predicted octanol–water partition coefficient (Wildman–Crippen LogP) is -0.192. The molecule has 2 heteroatoms. The predicted molar refractivity (Wildman–Crippen MR) is 67.4 cm³/mol. The van der Waals surface area contributed by atoms with Gasteiger partial charge in [-0.2, -0.15) is 0 Å². The Kier molecular flexibility index (Phi) is 10.0. The summed E-state index contributed by atoms with van der Waals surface area (Å²) in [6.45, 7) is 7.56. The van der Waals surface area contributed by atoms with Crippen LogP contribution in [0.1, 0.15) is 71.6 Å². The fraction of sp³-hybridized carbons (Fsp3) is 1.00. The van der Waals surface area contributed by atoms with E-state index in [2.05, 4.69) is 13.8 Å². The number of hydrogen-bond acceptors (Lipinski definition) is 0. The van der Waals surface area contributed by atoms with Crippen molar-refractivity contribution in [2.24, 2.45) is 0 Å². The van der Waals surface area contributed by atoms with Crippen LogP contribution in [0.4, 0.5) is 0 Å².